The molecule has 0 spiro atoms. The first kappa shape index (κ1) is 44.4. The fraction of sp³-hybridized carbons (Fsp3) is 0.556. The van der Waals surface area contributed by atoms with Crippen LogP contribution < -0.4 is 0 Å². The summed E-state index contributed by atoms with van der Waals surface area (Å²) in [5.74, 6) is 3.12. The van der Waals surface area contributed by atoms with E-state index in [-0.39, 0.29) is 12.2 Å². The standard InChI is InChI=1S/C54H72Br2O/c1-5-9-13-39-17-25-43(26-18-39)47-33-35-49(51(55)37-47)53(45-29-21-41(22-30-45)15-11-7-3)57-54(46-31-23-42(24-32-46)16-12-8-4)50-36-34-48(38-52(50)56)44-27-19-40(20-28-44)14-10-6-2/h21-24,29-40,43-44,53-54H,5-20,25-28H2,1-4H3. The van der Waals surface area contributed by atoms with E-state index in [2.05, 4.69) is 144 Å². The van der Waals surface area contributed by atoms with Gasteiger partial charge in [0.2, 0.25) is 0 Å². The molecule has 0 radical (unpaired) electrons. The van der Waals surface area contributed by atoms with Crippen molar-refractivity contribution < 1.29 is 4.74 Å². The van der Waals surface area contributed by atoms with Gasteiger partial charge in [0.15, 0.2) is 0 Å². The Morgan fingerprint density at radius 3 is 1.18 bits per heavy atom. The first-order chi connectivity index (χ1) is 27.9. The molecule has 4 aromatic rings. The van der Waals surface area contributed by atoms with Crippen molar-refractivity contribution in [3.8, 4) is 0 Å². The molecule has 0 saturated heterocycles. The highest BCUT2D eigenvalue weighted by atomic mass is 79.9. The van der Waals surface area contributed by atoms with Crippen molar-refractivity contribution in [1.29, 1.82) is 0 Å². The Hall–Kier alpha value is -2.20. The molecule has 2 atom stereocenters. The van der Waals surface area contributed by atoms with Gasteiger partial charge in [-0.25, -0.2) is 0 Å². The molecule has 2 aliphatic rings. The zero-order chi connectivity index (χ0) is 40.0. The molecule has 4 aromatic carbocycles. The van der Waals surface area contributed by atoms with Crippen LogP contribution >= 0.6 is 31.9 Å². The molecule has 0 amide bonds. The Morgan fingerprint density at radius 2 is 0.842 bits per heavy atom. The third kappa shape index (κ3) is 12.4. The molecular formula is C54H72Br2O. The minimum atomic E-state index is -0.242. The quantitative estimate of drug-likeness (QED) is 0.0859. The van der Waals surface area contributed by atoms with E-state index in [0.29, 0.717) is 11.8 Å². The highest BCUT2D eigenvalue weighted by Gasteiger charge is 2.29. The summed E-state index contributed by atoms with van der Waals surface area (Å²) in [7, 11) is 0. The lowest BCUT2D eigenvalue weighted by atomic mass is 9.77. The van der Waals surface area contributed by atoms with Crippen molar-refractivity contribution in [1.82, 2.24) is 0 Å². The van der Waals surface area contributed by atoms with Gasteiger partial charge in [0.1, 0.15) is 12.2 Å². The van der Waals surface area contributed by atoms with E-state index in [1.54, 1.807) is 0 Å². The summed E-state index contributed by atoms with van der Waals surface area (Å²) >= 11 is 8.28. The highest BCUT2D eigenvalue weighted by molar-refractivity contribution is 9.10. The van der Waals surface area contributed by atoms with Crippen molar-refractivity contribution in [2.45, 2.75) is 180 Å². The van der Waals surface area contributed by atoms with Crippen LogP contribution in [0.4, 0.5) is 0 Å². The van der Waals surface area contributed by atoms with E-state index < -0.39 is 0 Å². The summed E-state index contributed by atoms with van der Waals surface area (Å²) in [6, 6.07) is 33.1. The van der Waals surface area contributed by atoms with Crippen LogP contribution in [0, 0.1) is 11.8 Å². The lowest BCUT2D eigenvalue weighted by Crippen LogP contribution is -2.16. The third-order valence-electron chi connectivity index (χ3n) is 13.7. The average Bonchev–Trinajstić information content (AvgIpc) is 3.25. The Labute approximate surface area is 364 Å². The van der Waals surface area contributed by atoms with Gasteiger partial charge in [-0.15, -0.1) is 0 Å². The molecule has 308 valence electrons. The molecule has 0 heterocycles. The normalized spacial score (nSPS) is 21.0. The van der Waals surface area contributed by atoms with Gasteiger partial charge in [-0.3, -0.25) is 0 Å². The van der Waals surface area contributed by atoms with Gasteiger partial charge in [-0.2, -0.15) is 0 Å². The summed E-state index contributed by atoms with van der Waals surface area (Å²) in [6.45, 7) is 9.20. The molecule has 57 heavy (non-hydrogen) atoms. The molecule has 2 saturated carbocycles. The van der Waals surface area contributed by atoms with Crippen LogP contribution in [-0.2, 0) is 17.6 Å². The number of ether oxygens (including phenoxy) is 1. The topological polar surface area (TPSA) is 9.23 Å². The van der Waals surface area contributed by atoms with Crippen molar-refractivity contribution in [2.75, 3.05) is 0 Å². The summed E-state index contributed by atoms with van der Waals surface area (Å²) in [5.41, 5.74) is 10.6. The van der Waals surface area contributed by atoms with Crippen LogP contribution in [0.5, 0.6) is 0 Å². The van der Waals surface area contributed by atoms with Gasteiger partial charge in [-0.05, 0) is 157 Å². The Kier molecular flexibility index (Phi) is 17.9. The Morgan fingerprint density at radius 1 is 0.474 bits per heavy atom. The predicted molar refractivity (Wildman–Crippen MR) is 252 cm³/mol. The van der Waals surface area contributed by atoms with Crippen LogP contribution in [-0.4, -0.2) is 0 Å². The summed E-state index contributed by atoms with van der Waals surface area (Å²) in [6.07, 6.45) is 25.5. The number of hydrogen-bond acceptors (Lipinski definition) is 1. The van der Waals surface area contributed by atoms with E-state index >= 15 is 0 Å². The first-order valence-corrected chi connectivity index (χ1v) is 24.9. The molecule has 1 nitrogen and oxygen atoms in total. The fourth-order valence-corrected chi connectivity index (χ4v) is 11.1. The second kappa shape index (κ2) is 23.0. The maximum atomic E-state index is 7.61. The molecule has 0 aromatic heterocycles. The number of halogens is 2. The molecule has 2 unspecified atom stereocenters. The van der Waals surface area contributed by atoms with Gasteiger partial charge in [0, 0.05) is 8.95 Å². The second-order valence-corrected chi connectivity index (χ2v) is 19.6. The number of rotatable bonds is 20. The molecule has 6 rings (SSSR count). The van der Waals surface area contributed by atoms with Crippen molar-refractivity contribution in [3.05, 3.63) is 138 Å². The van der Waals surface area contributed by atoms with E-state index in [1.807, 2.05) is 0 Å². The Bertz CT molecular complexity index is 1630. The van der Waals surface area contributed by atoms with E-state index in [9.17, 15) is 0 Å². The largest absolute Gasteiger partial charge is 0.356 e. The smallest absolute Gasteiger partial charge is 0.110 e. The van der Waals surface area contributed by atoms with Gasteiger partial charge in [0.05, 0.1) is 0 Å². The minimum absolute atomic E-state index is 0.242. The second-order valence-electron chi connectivity index (χ2n) is 17.9. The molecule has 0 aliphatic heterocycles. The highest BCUT2D eigenvalue weighted by Crippen LogP contribution is 2.45. The predicted octanol–water partition coefficient (Wildman–Crippen LogP) is 17.7. The number of unbranched alkanes of at least 4 members (excludes halogenated alkanes) is 4. The zero-order valence-electron chi connectivity index (χ0n) is 35.9. The maximum Gasteiger partial charge on any atom is 0.110 e. The van der Waals surface area contributed by atoms with Gasteiger partial charge in [0.25, 0.3) is 0 Å². The molecule has 2 fully saturated rings. The number of aryl methyl sites for hydroxylation is 2. The SMILES string of the molecule is CCCCc1ccc(C(OC(c2ccc(CCCC)cc2)c2ccc(C3CCC(CCCC)CC3)cc2Br)c2ccc(C3CCC(CCCC)CC3)cc2Br)cc1. The summed E-state index contributed by atoms with van der Waals surface area (Å²) in [5, 5.41) is 0. The van der Waals surface area contributed by atoms with Crippen LogP contribution in [0.1, 0.15) is 212 Å². The van der Waals surface area contributed by atoms with E-state index in [4.69, 9.17) is 4.74 Å². The van der Waals surface area contributed by atoms with Gasteiger partial charge >= 0.3 is 0 Å². The lowest BCUT2D eigenvalue weighted by Gasteiger charge is -2.31. The zero-order valence-corrected chi connectivity index (χ0v) is 39.0. The van der Waals surface area contributed by atoms with E-state index in [0.717, 1.165) is 33.6 Å². The lowest BCUT2D eigenvalue weighted by molar-refractivity contribution is 0.0300. The molecule has 2 aliphatic carbocycles. The summed E-state index contributed by atoms with van der Waals surface area (Å²) in [4.78, 5) is 0. The van der Waals surface area contributed by atoms with Crippen molar-refractivity contribution in [2.24, 2.45) is 11.8 Å². The monoisotopic (exact) mass is 894 g/mol. The van der Waals surface area contributed by atoms with Crippen LogP contribution in [0.25, 0.3) is 0 Å². The van der Waals surface area contributed by atoms with Crippen molar-refractivity contribution >= 4 is 31.9 Å². The van der Waals surface area contributed by atoms with Crippen molar-refractivity contribution in [3.63, 3.8) is 0 Å². The van der Waals surface area contributed by atoms with Gasteiger partial charge < -0.3 is 4.74 Å². The Balaban J connectivity index is 1.33. The molecule has 0 N–H and O–H groups in total. The molecule has 3 heteroatoms. The van der Waals surface area contributed by atoms with Gasteiger partial charge in [-0.1, -0.05) is 184 Å². The van der Waals surface area contributed by atoms with Crippen LogP contribution in [0.2, 0.25) is 0 Å². The average molecular weight is 897 g/mol. The fourth-order valence-electron chi connectivity index (χ4n) is 9.85. The first-order valence-electron chi connectivity index (χ1n) is 23.3. The van der Waals surface area contributed by atoms with Crippen LogP contribution in [0.3, 0.4) is 0 Å². The molecular weight excluding hydrogens is 824 g/mol. The minimum Gasteiger partial charge on any atom is -0.356 e. The number of hydrogen-bond donors (Lipinski definition) is 0. The third-order valence-corrected chi connectivity index (χ3v) is 15.0. The maximum absolute atomic E-state index is 7.61. The van der Waals surface area contributed by atoms with Crippen LogP contribution in [0.15, 0.2) is 93.9 Å². The van der Waals surface area contributed by atoms with E-state index in [1.165, 1.54) is 160 Å². The molecule has 0 bridgehead atoms. The number of benzene rings is 4. The summed E-state index contributed by atoms with van der Waals surface area (Å²) < 4.78 is 9.93.